The number of hydrogen-bond donors (Lipinski definition) is 1. The van der Waals surface area contributed by atoms with Crippen LogP contribution in [0, 0.1) is 5.92 Å². The summed E-state index contributed by atoms with van der Waals surface area (Å²) in [7, 11) is 0. The van der Waals surface area contributed by atoms with Crippen molar-refractivity contribution in [3.05, 3.63) is 23.3 Å². The number of nitrogens with two attached hydrogens (primary N) is 1. The van der Waals surface area contributed by atoms with E-state index in [1.165, 1.54) is 12.8 Å². The van der Waals surface area contributed by atoms with Crippen molar-refractivity contribution < 1.29 is 4.52 Å². The fraction of sp³-hybridized carbons (Fsp3) is 0.400. The Morgan fingerprint density at radius 3 is 3.07 bits per heavy atom. The first-order valence-corrected chi connectivity index (χ1v) is 5.85. The van der Waals surface area contributed by atoms with Crippen LogP contribution in [0.15, 0.2) is 22.0 Å². The van der Waals surface area contributed by atoms with E-state index < -0.39 is 0 Å². The van der Waals surface area contributed by atoms with Crippen LogP contribution in [0.1, 0.15) is 24.7 Å². The molecule has 1 aliphatic carbocycles. The van der Waals surface area contributed by atoms with Crippen LogP contribution in [0.5, 0.6) is 0 Å². The Hall–Kier alpha value is -1.20. The van der Waals surface area contributed by atoms with Gasteiger partial charge in [0, 0.05) is 0 Å². The number of rotatable bonds is 3. The topological polar surface area (TPSA) is 64.9 Å². The lowest BCUT2D eigenvalue weighted by atomic mass is 10.2. The second-order valence-corrected chi connectivity index (χ2v) is 4.75. The predicted molar refractivity (Wildman–Crippen MR) is 57.3 cm³/mol. The molecule has 0 radical (unpaired) electrons. The van der Waals surface area contributed by atoms with Crippen LogP contribution in [-0.2, 0) is 0 Å². The Morgan fingerprint density at radius 2 is 2.40 bits per heavy atom. The Morgan fingerprint density at radius 1 is 1.53 bits per heavy atom. The molecule has 0 bridgehead atoms. The van der Waals surface area contributed by atoms with E-state index in [1.54, 1.807) is 11.3 Å². The lowest BCUT2D eigenvalue weighted by Gasteiger charge is -2.01. The van der Waals surface area contributed by atoms with E-state index in [0.717, 1.165) is 4.88 Å². The molecule has 15 heavy (non-hydrogen) atoms. The molecule has 1 saturated carbocycles. The molecule has 2 heterocycles. The molecule has 78 valence electrons. The number of hydrogen-bond acceptors (Lipinski definition) is 5. The summed E-state index contributed by atoms with van der Waals surface area (Å²) >= 11 is 1.59. The molecule has 3 rings (SSSR count). The van der Waals surface area contributed by atoms with Gasteiger partial charge < -0.3 is 10.3 Å². The van der Waals surface area contributed by atoms with Crippen molar-refractivity contribution in [2.24, 2.45) is 11.7 Å². The van der Waals surface area contributed by atoms with E-state index in [0.29, 0.717) is 17.6 Å². The summed E-state index contributed by atoms with van der Waals surface area (Å²) < 4.78 is 5.18. The smallest absolute Gasteiger partial charge is 0.268 e. The molecule has 0 aromatic carbocycles. The molecule has 1 unspecified atom stereocenters. The van der Waals surface area contributed by atoms with E-state index >= 15 is 0 Å². The van der Waals surface area contributed by atoms with Crippen molar-refractivity contribution in [1.82, 2.24) is 10.1 Å². The maximum Gasteiger partial charge on any atom is 0.268 e. The molecule has 0 spiro atoms. The summed E-state index contributed by atoms with van der Waals surface area (Å²) in [5.74, 6) is 1.77. The van der Waals surface area contributed by atoms with Crippen molar-refractivity contribution in [2.45, 2.75) is 18.9 Å². The van der Waals surface area contributed by atoms with Gasteiger partial charge in [-0.2, -0.15) is 4.98 Å². The van der Waals surface area contributed by atoms with Gasteiger partial charge in [0.2, 0.25) is 0 Å². The van der Waals surface area contributed by atoms with Crippen molar-refractivity contribution >= 4 is 11.3 Å². The summed E-state index contributed by atoms with van der Waals surface area (Å²) in [4.78, 5) is 5.32. The Balaban J connectivity index is 1.87. The Bertz CT molecular complexity index is 447. The van der Waals surface area contributed by atoms with Crippen molar-refractivity contribution in [3.8, 4) is 10.8 Å². The van der Waals surface area contributed by atoms with Gasteiger partial charge in [-0.15, -0.1) is 11.3 Å². The number of aromatic nitrogens is 2. The first-order chi connectivity index (χ1) is 7.34. The van der Waals surface area contributed by atoms with Gasteiger partial charge in [0.05, 0.1) is 10.9 Å². The van der Waals surface area contributed by atoms with Crippen molar-refractivity contribution in [3.63, 3.8) is 0 Å². The van der Waals surface area contributed by atoms with Crippen LogP contribution in [-0.4, -0.2) is 10.1 Å². The summed E-state index contributed by atoms with van der Waals surface area (Å²) in [6.07, 6.45) is 2.37. The fourth-order valence-corrected chi connectivity index (χ4v) is 2.18. The number of thiophene rings is 1. The van der Waals surface area contributed by atoms with Crippen molar-refractivity contribution in [2.75, 3.05) is 0 Å². The highest BCUT2D eigenvalue weighted by molar-refractivity contribution is 7.13. The monoisotopic (exact) mass is 221 g/mol. The van der Waals surface area contributed by atoms with E-state index in [-0.39, 0.29) is 6.04 Å². The third kappa shape index (κ3) is 1.68. The maximum absolute atomic E-state index is 5.99. The van der Waals surface area contributed by atoms with Gasteiger partial charge in [0.15, 0.2) is 5.82 Å². The summed E-state index contributed by atoms with van der Waals surface area (Å²) in [5.41, 5.74) is 5.99. The van der Waals surface area contributed by atoms with Crippen LogP contribution in [0.4, 0.5) is 0 Å². The normalized spacial score (nSPS) is 17.9. The Kier molecular flexibility index (Phi) is 2.07. The average Bonchev–Trinajstić information content (AvgIpc) is 2.80. The first kappa shape index (κ1) is 9.06. The third-order valence-electron chi connectivity index (χ3n) is 2.60. The molecular formula is C10H11N3OS. The fourth-order valence-electron chi connectivity index (χ4n) is 1.54. The molecule has 2 aromatic heterocycles. The largest absolute Gasteiger partial charge is 0.333 e. The molecule has 0 aliphatic heterocycles. The zero-order chi connectivity index (χ0) is 10.3. The van der Waals surface area contributed by atoms with Crippen LogP contribution < -0.4 is 5.73 Å². The zero-order valence-corrected chi connectivity index (χ0v) is 8.91. The summed E-state index contributed by atoms with van der Waals surface area (Å²) in [6, 6.07) is 3.87. The van der Waals surface area contributed by atoms with Gasteiger partial charge in [-0.3, -0.25) is 0 Å². The summed E-state index contributed by atoms with van der Waals surface area (Å²) in [5, 5.41) is 5.92. The minimum absolute atomic E-state index is 0.0533. The van der Waals surface area contributed by atoms with E-state index in [2.05, 4.69) is 10.1 Å². The Labute approximate surface area is 91.1 Å². The van der Waals surface area contributed by atoms with Gasteiger partial charge in [-0.05, 0) is 30.2 Å². The van der Waals surface area contributed by atoms with E-state index in [4.69, 9.17) is 10.3 Å². The predicted octanol–water partition coefficient (Wildman–Crippen LogP) is 2.21. The van der Waals surface area contributed by atoms with Gasteiger partial charge in [0.25, 0.3) is 5.89 Å². The minimum atomic E-state index is -0.0533. The molecule has 0 saturated heterocycles. The van der Waals surface area contributed by atoms with Gasteiger partial charge >= 0.3 is 0 Å². The van der Waals surface area contributed by atoms with Crippen LogP contribution >= 0.6 is 11.3 Å². The van der Waals surface area contributed by atoms with Gasteiger partial charge in [0.1, 0.15) is 0 Å². The third-order valence-corrected chi connectivity index (χ3v) is 3.46. The van der Waals surface area contributed by atoms with Crippen LogP contribution in [0.2, 0.25) is 0 Å². The van der Waals surface area contributed by atoms with Crippen LogP contribution in [0.3, 0.4) is 0 Å². The highest BCUT2D eigenvalue weighted by Crippen LogP contribution is 2.38. The summed E-state index contributed by atoms with van der Waals surface area (Å²) in [6.45, 7) is 0. The minimum Gasteiger partial charge on any atom is -0.333 e. The highest BCUT2D eigenvalue weighted by Gasteiger charge is 2.32. The lowest BCUT2D eigenvalue weighted by Crippen LogP contribution is -2.13. The number of nitrogens with zero attached hydrogens (tertiary/aromatic N) is 2. The molecule has 5 heteroatoms. The van der Waals surface area contributed by atoms with E-state index in [1.807, 2.05) is 17.5 Å². The molecule has 1 fully saturated rings. The standard InChI is InChI=1S/C10H11N3OS/c11-8(6-3-4-6)9-12-10(14-13-9)7-2-1-5-15-7/h1-2,5-6,8H,3-4,11H2. The second kappa shape index (κ2) is 3.43. The molecule has 4 nitrogen and oxygen atoms in total. The second-order valence-electron chi connectivity index (χ2n) is 3.80. The van der Waals surface area contributed by atoms with Gasteiger partial charge in [-0.1, -0.05) is 11.2 Å². The highest BCUT2D eigenvalue weighted by atomic mass is 32.1. The van der Waals surface area contributed by atoms with Crippen LogP contribution in [0.25, 0.3) is 10.8 Å². The molecule has 1 atom stereocenters. The van der Waals surface area contributed by atoms with Crippen molar-refractivity contribution in [1.29, 1.82) is 0 Å². The van der Waals surface area contributed by atoms with E-state index in [9.17, 15) is 0 Å². The molecular weight excluding hydrogens is 210 g/mol. The molecule has 2 aromatic rings. The van der Waals surface area contributed by atoms with Gasteiger partial charge in [-0.25, -0.2) is 0 Å². The lowest BCUT2D eigenvalue weighted by molar-refractivity contribution is 0.412. The quantitative estimate of drug-likeness (QED) is 0.863. The molecule has 2 N–H and O–H groups in total. The molecule has 1 aliphatic rings. The maximum atomic E-state index is 5.99. The average molecular weight is 221 g/mol. The SMILES string of the molecule is NC(c1noc(-c2cccs2)n1)C1CC1. The zero-order valence-electron chi connectivity index (χ0n) is 8.09. The molecule has 0 amide bonds. The first-order valence-electron chi connectivity index (χ1n) is 4.97.